The maximum absolute atomic E-state index is 12.6. The number of piperazine rings is 1. The fraction of sp³-hybridized carbons (Fsp3) is 0.412. The molecule has 0 unspecified atom stereocenters. The first kappa shape index (κ1) is 14.6. The standard InChI is InChI=1S/C17H21N3O2/c1-12(2)16(21)19-7-9-20(10-8-19)17(22)15-11-13-5-3-4-6-14(13)18-15/h3-6,11-12,18H,7-10H2,1-2H3. The number of aromatic amines is 1. The van der Waals surface area contributed by atoms with Crippen LogP contribution in [-0.2, 0) is 4.79 Å². The molecule has 0 aliphatic carbocycles. The maximum Gasteiger partial charge on any atom is 0.270 e. The van der Waals surface area contributed by atoms with Gasteiger partial charge in [0.05, 0.1) is 0 Å². The zero-order chi connectivity index (χ0) is 15.7. The molecular formula is C17H21N3O2. The van der Waals surface area contributed by atoms with E-state index in [-0.39, 0.29) is 17.7 Å². The van der Waals surface area contributed by atoms with Crippen molar-refractivity contribution in [2.24, 2.45) is 5.92 Å². The molecule has 5 nitrogen and oxygen atoms in total. The molecule has 2 heterocycles. The molecule has 116 valence electrons. The highest BCUT2D eigenvalue weighted by Gasteiger charge is 2.26. The van der Waals surface area contributed by atoms with E-state index >= 15 is 0 Å². The minimum atomic E-state index is 0.00726. The molecule has 0 bridgehead atoms. The Hall–Kier alpha value is -2.30. The Bertz CT molecular complexity index is 664. The smallest absolute Gasteiger partial charge is 0.270 e. The van der Waals surface area contributed by atoms with Crippen LogP contribution >= 0.6 is 0 Å². The molecule has 2 amide bonds. The van der Waals surface area contributed by atoms with Gasteiger partial charge in [-0.3, -0.25) is 9.59 Å². The number of nitrogens with one attached hydrogen (secondary N) is 1. The van der Waals surface area contributed by atoms with Gasteiger partial charge in [0.25, 0.3) is 5.91 Å². The van der Waals surface area contributed by atoms with Crippen molar-refractivity contribution < 1.29 is 9.59 Å². The Morgan fingerprint density at radius 3 is 2.32 bits per heavy atom. The molecule has 3 rings (SSSR count). The van der Waals surface area contributed by atoms with E-state index in [9.17, 15) is 9.59 Å². The fourth-order valence-corrected chi connectivity index (χ4v) is 2.85. The van der Waals surface area contributed by atoms with Gasteiger partial charge in [0, 0.05) is 43.0 Å². The number of carbonyl (C=O) groups excluding carboxylic acids is 2. The highest BCUT2D eigenvalue weighted by atomic mass is 16.2. The highest BCUT2D eigenvalue weighted by molar-refractivity contribution is 5.98. The molecule has 1 saturated heterocycles. The van der Waals surface area contributed by atoms with Gasteiger partial charge >= 0.3 is 0 Å². The Morgan fingerprint density at radius 2 is 1.68 bits per heavy atom. The third-order valence-electron chi connectivity index (χ3n) is 4.13. The molecule has 1 aromatic heterocycles. The lowest BCUT2D eigenvalue weighted by atomic mass is 10.1. The number of rotatable bonds is 2. The highest BCUT2D eigenvalue weighted by Crippen LogP contribution is 2.17. The van der Waals surface area contributed by atoms with E-state index in [0.29, 0.717) is 31.9 Å². The van der Waals surface area contributed by atoms with Crippen molar-refractivity contribution in [3.63, 3.8) is 0 Å². The van der Waals surface area contributed by atoms with Gasteiger partial charge in [0.15, 0.2) is 0 Å². The van der Waals surface area contributed by atoms with Crippen LogP contribution in [0.1, 0.15) is 24.3 Å². The van der Waals surface area contributed by atoms with Crippen LogP contribution in [0.4, 0.5) is 0 Å². The molecule has 22 heavy (non-hydrogen) atoms. The Morgan fingerprint density at radius 1 is 1.05 bits per heavy atom. The lowest BCUT2D eigenvalue weighted by molar-refractivity contribution is -0.135. The van der Waals surface area contributed by atoms with E-state index < -0.39 is 0 Å². The summed E-state index contributed by atoms with van der Waals surface area (Å²) >= 11 is 0. The van der Waals surface area contributed by atoms with Gasteiger partial charge in [-0.15, -0.1) is 0 Å². The Kier molecular flexibility index (Phi) is 3.88. The van der Waals surface area contributed by atoms with Crippen molar-refractivity contribution in [3.05, 3.63) is 36.0 Å². The number of fused-ring (bicyclic) bond motifs is 1. The summed E-state index contributed by atoms with van der Waals surface area (Å²) in [5.41, 5.74) is 1.59. The third kappa shape index (κ3) is 2.71. The van der Waals surface area contributed by atoms with Crippen molar-refractivity contribution in [1.82, 2.24) is 14.8 Å². The molecule has 0 radical (unpaired) electrons. The molecule has 0 spiro atoms. The molecule has 5 heteroatoms. The van der Waals surface area contributed by atoms with E-state index in [0.717, 1.165) is 10.9 Å². The largest absolute Gasteiger partial charge is 0.351 e. The minimum Gasteiger partial charge on any atom is -0.351 e. The fourth-order valence-electron chi connectivity index (χ4n) is 2.85. The van der Waals surface area contributed by atoms with Gasteiger partial charge in [0.2, 0.25) is 5.91 Å². The predicted molar refractivity (Wildman–Crippen MR) is 85.6 cm³/mol. The quantitative estimate of drug-likeness (QED) is 0.923. The van der Waals surface area contributed by atoms with E-state index in [1.165, 1.54) is 0 Å². The second-order valence-corrected chi connectivity index (χ2v) is 6.04. The van der Waals surface area contributed by atoms with E-state index in [2.05, 4.69) is 4.98 Å². The minimum absolute atomic E-state index is 0.00726. The van der Waals surface area contributed by atoms with Crippen LogP contribution in [-0.4, -0.2) is 52.8 Å². The van der Waals surface area contributed by atoms with Crippen LogP contribution in [0.2, 0.25) is 0 Å². The van der Waals surface area contributed by atoms with Crippen LogP contribution in [0.5, 0.6) is 0 Å². The number of aromatic nitrogens is 1. The number of benzene rings is 1. The number of nitrogens with zero attached hydrogens (tertiary/aromatic N) is 2. The molecule has 1 aromatic carbocycles. The summed E-state index contributed by atoms with van der Waals surface area (Å²) < 4.78 is 0. The first-order chi connectivity index (χ1) is 10.6. The van der Waals surface area contributed by atoms with Crippen LogP contribution in [0.25, 0.3) is 10.9 Å². The molecule has 0 saturated carbocycles. The molecule has 1 N–H and O–H groups in total. The third-order valence-corrected chi connectivity index (χ3v) is 4.13. The summed E-state index contributed by atoms with van der Waals surface area (Å²) in [6.07, 6.45) is 0. The summed E-state index contributed by atoms with van der Waals surface area (Å²) in [7, 11) is 0. The van der Waals surface area contributed by atoms with Crippen molar-refractivity contribution in [2.75, 3.05) is 26.2 Å². The van der Waals surface area contributed by atoms with Crippen LogP contribution in [0, 0.1) is 5.92 Å². The molecule has 1 aliphatic rings. The second-order valence-electron chi connectivity index (χ2n) is 6.04. The van der Waals surface area contributed by atoms with Gasteiger partial charge in [-0.05, 0) is 12.1 Å². The number of H-pyrrole nitrogens is 1. The first-order valence-corrected chi connectivity index (χ1v) is 7.72. The molecular weight excluding hydrogens is 278 g/mol. The summed E-state index contributed by atoms with van der Waals surface area (Å²) in [4.78, 5) is 31.4. The van der Waals surface area contributed by atoms with Crippen LogP contribution in [0.15, 0.2) is 30.3 Å². The van der Waals surface area contributed by atoms with Crippen molar-refractivity contribution in [3.8, 4) is 0 Å². The van der Waals surface area contributed by atoms with Gasteiger partial charge in [-0.25, -0.2) is 0 Å². The average Bonchev–Trinajstić information content (AvgIpc) is 2.97. The van der Waals surface area contributed by atoms with Gasteiger partial charge in [0.1, 0.15) is 5.69 Å². The van der Waals surface area contributed by atoms with Crippen molar-refractivity contribution in [2.45, 2.75) is 13.8 Å². The van der Waals surface area contributed by atoms with Gasteiger partial charge < -0.3 is 14.8 Å². The topological polar surface area (TPSA) is 56.4 Å². The lowest BCUT2D eigenvalue weighted by Crippen LogP contribution is -2.51. The number of para-hydroxylation sites is 1. The molecule has 1 fully saturated rings. The zero-order valence-corrected chi connectivity index (χ0v) is 13.0. The summed E-state index contributed by atoms with van der Waals surface area (Å²) in [6.45, 7) is 6.22. The van der Waals surface area contributed by atoms with Crippen LogP contribution < -0.4 is 0 Å². The lowest BCUT2D eigenvalue weighted by Gasteiger charge is -2.35. The normalized spacial score (nSPS) is 15.6. The number of hydrogen-bond donors (Lipinski definition) is 1. The molecule has 2 aromatic rings. The van der Waals surface area contributed by atoms with Crippen molar-refractivity contribution >= 4 is 22.7 Å². The Labute approximate surface area is 129 Å². The second kappa shape index (κ2) is 5.83. The van der Waals surface area contributed by atoms with Gasteiger partial charge in [-0.2, -0.15) is 0 Å². The molecule has 0 atom stereocenters. The summed E-state index contributed by atoms with van der Waals surface area (Å²) in [5.74, 6) is 0.182. The SMILES string of the molecule is CC(C)C(=O)N1CCN(C(=O)c2cc3ccccc3[nH]2)CC1. The van der Waals surface area contributed by atoms with E-state index in [4.69, 9.17) is 0 Å². The first-order valence-electron chi connectivity index (χ1n) is 7.72. The predicted octanol–water partition coefficient (Wildman–Crippen LogP) is 2.11. The number of carbonyl (C=O) groups is 2. The van der Waals surface area contributed by atoms with Crippen molar-refractivity contribution in [1.29, 1.82) is 0 Å². The number of amides is 2. The Balaban J connectivity index is 1.68. The monoisotopic (exact) mass is 299 g/mol. The average molecular weight is 299 g/mol. The summed E-state index contributed by atoms with van der Waals surface area (Å²) in [5, 5.41) is 1.04. The zero-order valence-electron chi connectivity index (χ0n) is 13.0. The maximum atomic E-state index is 12.6. The van der Waals surface area contributed by atoms with E-state index in [1.54, 1.807) is 0 Å². The van der Waals surface area contributed by atoms with E-state index in [1.807, 2.05) is 54.0 Å². The summed E-state index contributed by atoms with van der Waals surface area (Å²) in [6, 6.07) is 9.75. The van der Waals surface area contributed by atoms with Crippen LogP contribution in [0.3, 0.4) is 0 Å². The molecule has 1 aliphatic heterocycles. The van der Waals surface area contributed by atoms with Gasteiger partial charge in [-0.1, -0.05) is 32.0 Å². The number of hydrogen-bond acceptors (Lipinski definition) is 2.